The first-order valence-electron chi connectivity index (χ1n) is 14.1. The van der Waals surface area contributed by atoms with Crippen molar-refractivity contribution >= 4 is 45.9 Å². The van der Waals surface area contributed by atoms with Gasteiger partial charge in [0.2, 0.25) is 5.91 Å². The Morgan fingerprint density at radius 1 is 0.881 bits per heavy atom. The van der Waals surface area contributed by atoms with Crippen LogP contribution in [0, 0.1) is 18.8 Å². The Labute approximate surface area is 247 Å². The Bertz CT molecular complexity index is 1540. The van der Waals surface area contributed by atoms with Gasteiger partial charge in [0.05, 0.1) is 19.1 Å². The molecule has 42 heavy (non-hydrogen) atoms. The number of amides is 1. The highest BCUT2D eigenvalue weighted by Crippen LogP contribution is 2.50. The smallest absolute Gasteiger partial charge is 0.355 e. The third-order valence-electron chi connectivity index (χ3n) is 8.13. The summed E-state index contributed by atoms with van der Waals surface area (Å²) in [7, 11) is 3.14. The van der Waals surface area contributed by atoms with E-state index in [2.05, 4.69) is 5.10 Å². The molecule has 7 nitrogen and oxygen atoms in total. The van der Waals surface area contributed by atoms with E-state index in [0.717, 1.165) is 21.6 Å². The second kappa shape index (κ2) is 11.9. The van der Waals surface area contributed by atoms with Crippen LogP contribution in [0.25, 0.3) is 0 Å². The first-order valence-corrected chi connectivity index (χ1v) is 15.9. The molecule has 1 aromatic heterocycles. The molecule has 0 N–H and O–H groups in total. The zero-order valence-electron chi connectivity index (χ0n) is 24.6. The fourth-order valence-corrected chi connectivity index (χ4v) is 10.4. The molecule has 0 aliphatic carbocycles. The van der Waals surface area contributed by atoms with Crippen LogP contribution in [-0.4, -0.2) is 50.9 Å². The molecule has 1 amide bonds. The van der Waals surface area contributed by atoms with Crippen LogP contribution in [0.2, 0.25) is 0 Å². The van der Waals surface area contributed by atoms with E-state index in [1.807, 2.05) is 112 Å². The average molecular weight is 582 g/mol. The van der Waals surface area contributed by atoms with E-state index in [-0.39, 0.29) is 29.4 Å². The van der Waals surface area contributed by atoms with Crippen molar-refractivity contribution < 1.29 is 19.1 Å². The van der Waals surface area contributed by atoms with Gasteiger partial charge in [-0.05, 0) is 34.8 Å². The van der Waals surface area contributed by atoms with Crippen molar-refractivity contribution in [2.45, 2.75) is 33.2 Å². The Morgan fingerprint density at radius 2 is 1.36 bits per heavy atom. The molecular weight excluding hydrogens is 545 g/mol. The number of rotatable bonds is 9. The number of ether oxygens (including phenoxy) is 1. The van der Waals surface area contributed by atoms with E-state index in [1.165, 1.54) is 7.11 Å². The average Bonchev–Trinajstić information content (AvgIpc) is 3.35. The van der Waals surface area contributed by atoms with Gasteiger partial charge in [-0.3, -0.25) is 14.3 Å². The third-order valence-corrected chi connectivity index (χ3v) is 12.4. The molecule has 2 atom stereocenters. The van der Waals surface area contributed by atoms with Crippen molar-refractivity contribution in [1.29, 1.82) is 0 Å². The zero-order valence-corrected chi connectivity index (χ0v) is 25.5. The Hall–Kier alpha value is -4.22. The SMILES string of the molecule is COC(=O)C(N1C(=O)C(C(C)C)C1CC(=O)c1cc(C)n(C)n1)=P(c1ccccc1)(c1ccccc1)c1ccccc1. The third kappa shape index (κ3) is 4.92. The van der Waals surface area contributed by atoms with Crippen molar-refractivity contribution in [2.24, 2.45) is 18.9 Å². The summed E-state index contributed by atoms with van der Waals surface area (Å²) in [6, 6.07) is 30.8. The lowest BCUT2D eigenvalue weighted by Crippen LogP contribution is -2.67. The van der Waals surface area contributed by atoms with Gasteiger partial charge in [-0.15, -0.1) is 0 Å². The number of ketones is 1. The highest BCUT2D eigenvalue weighted by Gasteiger charge is 2.55. The van der Waals surface area contributed by atoms with Crippen molar-refractivity contribution in [3.8, 4) is 0 Å². The molecular formula is C34H36N3O4P. The van der Waals surface area contributed by atoms with Gasteiger partial charge in [0, 0.05) is 26.0 Å². The van der Waals surface area contributed by atoms with Gasteiger partial charge >= 0.3 is 5.97 Å². The van der Waals surface area contributed by atoms with Crippen molar-refractivity contribution in [2.75, 3.05) is 7.11 Å². The van der Waals surface area contributed by atoms with Crippen LogP contribution in [-0.2, 0) is 21.4 Å². The number of β-lactam (4-membered cyclic amide) rings is 1. The van der Waals surface area contributed by atoms with Crippen LogP contribution in [0.5, 0.6) is 0 Å². The standard InChI is InChI=1S/C34H36N3O4P/c1-23(2)31-29(22-30(38)28-21-24(3)36(4)35-28)37(32(31)39)33(34(40)41-5)42(25-15-9-6-10-16-25,26-17-11-7-12-18-26)27-19-13-8-14-20-27/h6-21,23,29,31H,22H2,1-5H3. The van der Waals surface area contributed by atoms with Crippen molar-refractivity contribution in [3.63, 3.8) is 0 Å². The van der Waals surface area contributed by atoms with E-state index in [4.69, 9.17) is 4.74 Å². The summed E-state index contributed by atoms with van der Waals surface area (Å²) < 4.78 is 7.16. The minimum absolute atomic E-state index is 0.0335. The number of hydrogen-bond acceptors (Lipinski definition) is 5. The van der Waals surface area contributed by atoms with Crippen LogP contribution in [0.1, 0.15) is 36.5 Å². The maximum absolute atomic E-state index is 14.2. The van der Waals surface area contributed by atoms with Crippen LogP contribution in [0.15, 0.2) is 97.1 Å². The van der Waals surface area contributed by atoms with E-state index in [9.17, 15) is 14.4 Å². The molecule has 1 fully saturated rings. The van der Waals surface area contributed by atoms with E-state index in [1.54, 1.807) is 22.7 Å². The van der Waals surface area contributed by atoms with E-state index in [0.29, 0.717) is 5.69 Å². The zero-order chi connectivity index (χ0) is 30.0. The first-order chi connectivity index (χ1) is 20.2. The lowest BCUT2D eigenvalue weighted by atomic mass is 9.76. The quantitative estimate of drug-likeness (QED) is 0.129. The molecule has 216 valence electrons. The normalized spacial score (nSPS) is 16.7. The summed E-state index contributed by atoms with van der Waals surface area (Å²) in [6.45, 7) is 2.86. The molecule has 8 heteroatoms. The fourth-order valence-electron chi connectivity index (χ4n) is 6.02. The molecule has 1 aliphatic rings. The molecule has 1 aliphatic heterocycles. The van der Waals surface area contributed by atoms with Gasteiger partial charge in [0.15, 0.2) is 5.78 Å². The highest BCUT2D eigenvalue weighted by molar-refractivity contribution is 7.96. The van der Waals surface area contributed by atoms with Crippen LogP contribution >= 0.6 is 6.89 Å². The minimum Gasteiger partial charge on any atom is -0.464 e. The molecule has 0 saturated carbocycles. The second-order valence-electron chi connectivity index (χ2n) is 11.0. The number of carbonyl (C=O) groups is 3. The number of esters is 1. The minimum atomic E-state index is -2.99. The molecule has 3 aromatic carbocycles. The fraction of sp³-hybridized carbons (Fsp3) is 0.265. The highest BCUT2D eigenvalue weighted by atomic mass is 31.2. The molecule has 0 spiro atoms. The summed E-state index contributed by atoms with van der Waals surface area (Å²) in [6.07, 6.45) is 0.0455. The largest absolute Gasteiger partial charge is 0.464 e. The van der Waals surface area contributed by atoms with Crippen LogP contribution < -0.4 is 15.9 Å². The molecule has 2 unspecified atom stereocenters. The molecule has 0 bridgehead atoms. The predicted molar refractivity (Wildman–Crippen MR) is 168 cm³/mol. The number of aromatic nitrogens is 2. The Balaban J connectivity index is 1.84. The number of methoxy groups -OCH3 is 1. The number of carbonyl (C=O) groups excluding carboxylic acids is 3. The number of nitrogens with zero attached hydrogens (tertiary/aromatic N) is 3. The van der Waals surface area contributed by atoms with Gasteiger partial charge in [0.25, 0.3) is 0 Å². The maximum Gasteiger partial charge on any atom is 0.355 e. The number of Topliss-reactive ketones (excluding diaryl/α,β-unsaturated/α-hetero) is 1. The Morgan fingerprint density at radius 3 is 1.74 bits per heavy atom. The summed E-state index contributed by atoms with van der Waals surface area (Å²) in [5, 5.41) is 7.13. The van der Waals surface area contributed by atoms with Crippen molar-refractivity contribution in [3.05, 3.63) is 108 Å². The van der Waals surface area contributed by atoms with Crippen molar-refractivity contribution in [1.82, 2.24) is 14.7 Å². The maximum atomic E-state index is 14.2. The monoisotopic (exact) mass is 581 g/mol. The lowest BCUT2D eigenvalue weighted by molar-refractivity contribution is -0.153. The topological polar surface area (TPSA) is 81.5 Å². The van der Waals surface area contributed by atoms with E-state index >= 15 is 0 Å². The predicted octanol–water partition coefficient (Wildman–Crippen LogP) is 4.08. The molecule has 0 radical (unpaired) electrons. The van der Waals surface area contributed by atoms with Crippen LogP contribution in [0.3, 0.4) is 0 Å². The number of hydrogen-bond donors (Lipinski definition) is 0. The Kier molecular flexibility index (Phi) is 8.33. The van der Waals surface area contributed by atoms with Gasteiger partial charge in [-0.25, -0.2) is 4.79 Å². The van der Waals surface area contributed by atoms with Gasteiger partial charge in [-0.1, -0.05) is 105 Å². The summed E-state index contributed by atoms with van der Waals surface area (Å²) in [4.78, 5) is 43.5. The second-order valence-corrected chi connectivity index (χ2v) is 14.3. The van der Waals surface area contributed by atoms with E-state index < -0.39 is 24.8 Å². The van der Waals surface area contributed by atoms with Gasteiger partial charge < -0.3 is 9.64 Å². The molecule has 1 saturated heterocycles. The van der Waals surface area contributed by atoms with Gasteiger partial charge in [0.1, 0.15) is 11.1 Å². The molecule has 2 heterocycles. The summed E-state index contributed by atoms with van der Waals surface area (Å²) in [5.74, 6) is -1.38. The number of aryl methyl sites for hydroxylation is 2. The molecule has 4 aromatic rings. The van der Waals surface area contributed by atoms with Gasteiger partial charge in [-0.2, -0.15) is 5.10 Å². The summed E-state index contributed by atoms with van der Waals surface area (Å²) in [5.41, 5.74) is 1.50. The summed E-state index contributed by atoms with van der Waals surface area (Å²) >= 11 is 0. The number of likely N-dealkylation sites (tertiary alicyclic amines) is 1. The first kappa shape index (κ1) is 29.3. The molecule has 5 rings (SSSR count). The number of benzene rings is 3. The lowest BCUT2D eigenvalue weighted by Gasteiger charge is -2.51. The van der Waals surface area contributed by atoms with Crippen LogP contribution in [0.4, 0.5) is 0 Å².